The minimum Gasteiger partial charge on any atom is -0.391 e. The Kier molecular flexibility index (Phi) is 4.10. The molecule has 1 aromatic heterocycles. The summed E-state index contributed by atoms with van der Waals surface area (Å²) in [6.45, 7) is 5.50. The van der Waals surface area contributed by atoms with Crippen molar-refractivity contribution in [2.75, 3.05) is 6.54 Å². The molecule has 0 aliphatic heterocycles. The Morgan fingerprint density at radius 2 is 2.29 bits per heavy atom. The van der Waals surface area contributed by atoms with Crippen LogP contribution in [0.1, 0.15) is 19.5 Å². The van der Waals surface area contributed by atoms with Crippen molar-refractivity contribution in [2.45, 2.75) is 32.9 Å². The maximum Gasteiger partial charge on any atom is 0.0718 e. The predicted octanol–water partition coefficient (Wildman–Crippen LogP) is 0.401. The van der Waals surface area contributed by atoms with Gasteiger partial charge in [-0.1, -0.05) is 13.8 Å². The van der Waals surface area contributed by atoms with E-state index in [1.165, 1.54) is 0 Å². The van der Waals surface area contributed by atoms with E-state index in [2.05, 4.69) is 18.9 Å². The SMILES string of the molecule is CC(C)Cn1ccc(CC(O)CN)n1. The number of rotatable bonds is 5. The molecular formula is C10H19N3O. The minimum atomic E-state index is -0.475. The number of hydrogen-bond acceptors (Lipinski definition) is 3. The fourth-order valence-electron chi connectivity index (χ4n) is 1.31. The maximum absolute atomic E-state index is 9.33. The van der Waals surface area contributed by atoms with E-state index in [0.717, 1.165) is 12.2 Å². The zero-order chi connectivity index (χ0) is 10.6. The second-order valence-corrected chi connectivity index (χ2v) is 4.02. The minimum absolute atomic E-state index is 0.289. The van der Waals surface area contributed by atoms with Crippen LogP contribution in [0.4, 0.5) is 0 Å². The van der Waals surface area contributed by atoms with Crippen molar-refractivity contribution in [3.63, 3.8) is 0 Å². The Morgan fingerprint density at radius 3 is 2.86 bits per heavy atom. The van der Waals surface area contributed by atoms with Gasteiger partial charge in [-0.25, -0.2) is 0 Å². The van der Waals surface area contributed by atoms with Gasteiger partial charge in [0.25, 0.3) is 0 Å². The van der Waals surface area contributed by atoms with Gasteiger partial charge in [0, 0.05) is 25.7 Å². The first-order valence-electron chi connectivity index (χ1n) is 5.02. The largest absolute Gasteiger partial charge is 0.391 e. The molecule has 0 bridgehead atoms. The molecule has 0 radical (unpaired) electrons. The Labute approximate surface area is 84.7 Å². The average Bonchev–Trinajstić information content (AvgIpc) is 2.51. The molecule has 0 saturated heterocycles. The standard InChI is InChI=1S/C10H19N3O/c1-8(2)7-13-4-3-9(12-13)5-10(14)6-11/h3-4,8,10,14H,5-7,11H2,1-2H3. The lowest BCUT2D eigenvalue weighted by atomic mass is 10.2. The van der Waals surface area contributed by atoms with Crippen LogP contribution in [0.25, 0.3) is 0 Å². The molecular weight excluding hydrogens is 178 g/mol. The number of aliphatic hydroxyl groups excluding tert-OH is 1. The van der Waals surface area contributed by atoms with Crippen molar-refractivity contribution < 1.29 is 5.11 Å². The van der Waals surface area contributed by atoms with Crippen molar-refractivity contribution in [1.82, 2.24) is 9.78 Å². The maximum atomic E-state index is 9.33. The quantitative estimate of drug-likeness (QED) is 0.718. The van der Waals surface area contributed by atoms with E-state index in [1.54, 1.807) is 0 Å². The van der Waals surface area contributed by atoms with Gasteiger partial charge in [-0.3, -0.25) is 4.68 Å². The molecule has 14 heavy (non-hydrogen) atoms. The van der Waals surface area contributed by atoms with Gasteiger partial charge in [0.1, 0.15) is 0 Å². The molecule has 1 rings (SSSR count). The summed E-state index contributed by atoms with van der Waals surface area (Å²) in [5.74, 6) is 0.585. The number of nitrogens with zero attached hydrogens (tertiary/aromatic N) is 2. The lowest BCUT2D eigenvalue weighted by Gasteiger charge is -2.05. The van der Waals surface area contributed by atoms with Crippen LogP contribution in [0.5, 0.6) is 0 Å². The summed E-state index contributed by atoms with van der Waals surface area (Å²) in [6, 6.07) is 1.93. The summed E-state index contributed by atoms with van der Waals surface area (Å²) >= 11 is 0. The van der Waals surface area contributed by atoms with Gasteiger partial charge in [-0.15, -0.1) is 0 Å². The van der Waals surface area contributed by atoms with Crippen LogP contribution >= 0.6 is 0 Å². The zero-order valence-electron chi connectivity index (χ0n) is 8.85. The van der Waals surface area contributed by atoms with E-state index in [0.29, 0.717) is 12.3 Å². The van der Waals surface area contributed by atoms with Gasteiger partial charge in [0.15, 0.2) is 0 Å². The number of hydrogen-bond donors (Lipinski definition) is 2. The van der Waals surface area contributed by atoms with E-state index < -0.39 is 6.10 Å². The van der Waals surface area contributed by atoms with Gasteiger partial charge in [0.2, 0.25) is 0 Å². The van der Waals surface area contributed by atoms with E-state index in [-0.39, 0.29) is 6.54 Å². The topological polar surface area (TPSA) is 64.1 Å². The summed E-state index contributed by atoms with van der Waals surface area (Å²) in [7, 11) is 0. The number of nitrogens with two attached hydrogens (primary N) is 1. The molecule has 1 unspecified atom stereocenters. The van der Waals surface area contributed by atoms with Gasteiger partial charge in [-0.05, 0) is 12.0 Å². The number of aliphatic hydroxyl groups is 1. The summed E-state index contributed by atoms with van der Waals surface area (Å²) in [4.78, 5) is 0. The Balaban J connectivity index is 2.50. The van der Waals surface area contributed by atoms with Gasteiger partial charge < -0.3 is 10.8 Å². The fourth-order valence-corrected chi connectivity index (χ4v) is 1.31. The lowest BCUT2D eigenvalue weighted by molar-refractivity contribution is 0.182. The molecule has 3 N–H and O–H groups in total. The molecule has 0 saturated carbocycles. The van der Waals surface area contributed by atoms with Crippen LogP contribution < -0.4 is 5.73 Å². The molecule has 0 aromatic carbocycles. The van der Waals surface area contributed by atoms with Crippen LogP contribution in [-0.4, -0.2) is 27.5 Å². The van der Waals surface area contributed by atoms with Gasteiger partial charge >= 0.3 is 0 Å². The first-order chi connectivity index (χ1) is 6.61. The summed E-state index contributed by atoms with van der Waals surface area (Å²) in [6.07, 6.45) is 2.01. The lowest BCUT2D eigenvalue weighted by Crippen LogP contribution is -2.22. The third-order valence-electron chi connectivity index (χ3n) is 1.96. The van der Waals surface area contributed by atoms with Gasteiger partial charge in [-0.2, -0.15) is 5.10 Å². The number of aromatic nitrogens is 2. The first kappa shape index (κ1) is 11.2. The average molecular weight is 197 g/mol. The normalized spacial score (nSPS) is 13.5. The third kappa shape index (κ3) is 3.47. The monoisotopic (exact) mass is 197 g/mol. The van der Waals surface area contributed by atoms with Crippen molar-refractivity contribution in [3.8, 4) is 0 Å². The smallest absolute Gasteiger partial charge is 0.0718 e. The molecule has 1 heterocycles. The van der Waals surface area contributed by atoms with Gasteiger partial charge in [0.05, 0.1) is 11.8 Å². The fraction of sp³-hybridized carbons (Fsp3) is 0.700. The highest BCUT2D eigenvalue weighted by atomic mass is 16.3. The van der Waals surface area contributed by atoms with Crippen molar-refractivity contribution >= 4 is 0 Å². The summed E-state index contributed by atoms with van der Waals surface area (Å²) in [5.41, 5.74) is 6.23. The molecule has 1 atom stereocenters. The molecule has 0 aliphatic rings. The molecule has 0 amide bonds. The highest BCUT2D eigenvalue weighted by molar-refractivity contribution is 5.00. The first-order valence-corrected chi connectivity index (χ1v) is 5.02. The molecule has 0 spiro atoms. The second-order valence-electron chi connectivity index (χ2n) is 4.02. The van der Waals surface area contributed by atoms with Crippen molar-refractivity contribution in [2.24, 2.45) is 11.7 Å². The molecule has 80 valence electrons. The van der Waals surface area contributed by atoms with Crippen molar-refractivity contribution in [3.05, 3.63) is 18.0 Å². The summed E-state index contributed by atoms with van der Waals surface area (Å²) < 4.78 is 1.91. The molecule has 0 fully saturated rings. The Bertz CT molecular complexity index is 270. The summed E-state index contributed by atoms with van der Waals surface area (Å²) in [5, 5.41) is 13.7. The van der Waals surface area contributed by atoms with E-state index in [4.69, 9.17) is 5.73 Å². The molecule has 4 nitrogen and oxygen atoms in total. The van der Waals surface area contributed by atoms with E-state index in [9.17, 15) is 5.11 Å². The highest BCUT2D eigenvalue weighted by Gasteiger charge is 2.06. The molecule has 4 heteroatoms. The zero-order valence-corrected chi connectivity index (χ0v) is 8.85. The van der Waals surface area contributed by atoms with Crippen molar-refractivity contribution in [1.29, 1.82) is 0 Å². The predicted molar refractivity (Wildman–Crippen MR) is 55.8 cm³/mol. The van der Waals surface area contributed by atoms with Crippen LogP contribution in [0.2, 0.25) is 0 Å². The van der Waals surface area contributed by atoms with Crippen LogP contribution in [-0.2, 0) is 13.0 Å². The van der Waals surface area contributed by atoms with Crippen LogP contribution in [0.15, 0.2) is 12.3 Å². The highest BCUT2D eigenvalue weighted by Crippen LogP contribution is 2.03. The second kappa shape index (κ2) is 5.12. The van der Waals surface area contributed by atoms with Crippen LogP contribution in [0.3, 0.4) is 0 Å². The van der Waals surface area contributed by atoms with E-state index in [1.807, 2.05) is 16.9 Å². The van der Waals surface area contributed by atoms with E-state index >= 15 is 0 Å². The Morgan fingerprint density at radius 1 is 1.57 bits per heavy atom. The molecule has 0 aliphatic carbocycles. The van der Waals surface area contributed by atoms with Crippen LogP contribution in [0, 0.1) is 5.92 Å². The molecule has 1 aromatic rings. The Hall–Kier alpha value is -0.870. The third-order valence-corrected chi connectivity index (χ3v) is 1.96.